The fourth-order valence-electron chi connectivity index (χ4n) is 3.46. The Morgan fingerprint density at radius 1 is 1.30 bits per heavy atom. The minimum atomic E-state index is -0.739. The van der Waals surface area contributed by atoms with Crippen LogP contribution in [-0.4, -0.2) is 59.5 Å². The first-order valence-electron chi connectivity index (χ1n) is 10.2. The maximum atomic E-state index is 12.1. The molecule has 4 atom stereocenters. The third-order valence-corrected chi connectivity index (χ3v) is 6.46. The van der Waals surface area contributed by atoms with Crippen molar-refractivity contribution in [3.8, 4) is 0 Å². The highest BCUT2D eigenvalue weighted by Crippen LogP contribution is 2.22. The molecule has 8 heteroatoms. The molecule has 0 saturated heterocycles. The van der Waals surface area contributed by atoms with Crippen LogP contribution in [0.3, 0.4) is 0 Å². The van der Waals surface area contributed by atoms with Gasteiger partial charge in [-0.25, -0.2) is 4.79 Å². The van der Waals surface area contributed by atoms with E-state index in [9.17, 15) is 9.00 Å². The Bertz CT molecular complexity index is 499. The molecular formula is C19H38N4O3S. The number of nitrogens with one attached hydrogen (secondary N) is 3. The number of alkyl carbamates (subject to hydrolysis) is 1. The van der Waals surface area contributed by atoms with E-state index < -0.39 is 10.8 Å². The van der Waals surface area contributed by atoms with E-state index in [1.54, 1.807) is 14.0 Å². The van der Waals surface area contributed by atoms with Crippen molar-refractivity contribution in [2.75, 3.05) is 26.0 Å². The van der Waals surface area contributed by atoms with Crippen molar-refractivity contribution in [1.29, 1.82) is 0 Å². The molecule has 1 amide bonds. The number of aliphatic imine (C=N–C) groups is 1. The molecule has 1 saturated carbocycles. The van der Waals surface area contributed by atoms with Crippen LogP contribution in [-0.2, 0) is 15.5 Å². The lowest BCUT2D eigenvalue weighted by Gasteiger charge is -2.30. The average molecular weight is 403 g/mol. The van der Waals surface area contributed by atoms with Crippen molar-refractivity contribution >= 4 is 22.9 Å². The Hall–Kier alpha value is -1.31. The Labute approximate surface area is 166 Å². The molecule has 7 nitrogen and oxygen atoms in total. The lowest BCUT2D eigenvalue weighted by molar-refractivity contribution is 0.146. The number of hydrogen-bond acceptors (Lipinski definition) is 4. The standard InChI is InChI=1S/C19H38N4O3S/c1-6-26-19(24)23-16(11-14(3)4)13-21-18(20-5)22-15-9-8-10-17(12-15)27(25)7-2/h14-17H,6-13H2,1-5H3,(H,23,24)(H2,20,21,22). The van der Waals surface area contributed by atoms with E-state index in [2.05, 4.69) is 34.8 Å². The van der Waals surface area contributed by atoms with Gasteiger partial charge in [0.1, 0.15) is 0 Å². The van der Waals surface area contributed by atoms with Gasteiger partial charge in [0.15, 0.2) is 5.96 Å². The van der Waals surface area contributed by atoms with Crippen LogP contribution in [0.4, 0.5) is 4.79 Å². The summed E-state index contributed by atoms with van der Waals surface area (Å²) in [5.74, 6) is 1.90. The average Bonchev–Trinajstić information content (AvgIpc) is 2.64. The van der Waals surface area contributed by atoms with Crippen molar-refractivity contribution in [1.82, 2.24) is 16.0 Å². The zero-order valence-corrected chi connectivity index (χ0v) is 18.4. The molecular weight excluding hydrogens is 364 g/mol. The second-order valence-corrected chi connectivity index (χ2v) is 9.45. The fraction of sp³-hybridized carbons (Fsp3) is 0.895. The van der Waals surface area contributed by atoms with Crippen LogP contribution in [0.2, 0.25) is 0 Å². The molecule has 27 heavy (non-hydrogen) atoms. The van der Waals surface area contributed by atoms with Crippen molar-refractivity contribution in [2.24, 2.45) is 10.9 Å². The third-order valence-electron chi connectivity index (χ3n) is 4.72. The number of rotatable bonds is 9. The van der Waals surface area contributed by atoms with Crippen LogP contribution in [0, 0.1) is 5.92 Å². The van der Waals surface area contributed by atoms with E-state index in [1.807, 2.05) is 6.92 Å². The van der Waals surface area contributed by atoms with Crippen LogP contribution >= 0.6 is 0 Å². The molecule has 0 aromatic rings. The smallest absolute Gasteiger partial charge is 0.407 e. The van der Waals surface area contributed by atoms with Crippen LogP contribution < -0.4 is 16.0 Å². The van der Waals surface area contributed by atoms with Gasteiger partial charge in [-0.2, -0.15) is 0 Å². The number of carbonyl (C=O) groups is 1. The minimum Gasteiger partial charge on any atom is -0.450 e. The largest absolute Gasteiger partial charge is 0.450 e. The second kappa shape index (κ2) is 13.0. The van der Waals surface area contributed by atoms with E-state index in [1.165, 1.54) is 0 Å². The predicted molar refractivity (Wildman–Crippen MR) is 113 cm³/mol. The SMILES string of the molecule is CCOC(=O)NC(CNC(=NC)NC1CCCC(S(=O)CC)C1)CC(C)C. The molecule has 1 aliphatic rings. The highest BCUT2D eigenvalue weighted by Gasteiger charge is 2.26. The summed E-state index contributed by atoms with van der Waals surface area (Å²) in [6.07, 6.45) is 4.58. The van der Waals surface area contributed by atoms with E-state index in [0.717, 1.165) is 43.8 Å². The highest BCUT2D eigenvalue weighted by molar-refractivity contribution is 7.85. The first-order chi connectivity index (χ1) is 12.9. The number of nitrogens with zero attached hydrogens (tertiary/aromatic N) is 1. The molecule has 0 spiro atoms. The summed E-state index contributed by atoms with van der Waals surface area (Å²) in [6.45, 7) is 8.97. The van der Waals surface area contributed by atoms with Gasteiger partial charge in [-0.05, 0) is 38.5 Å². The highest BCUT2D eigenvalue weighted by atomic mass is 32.2. The molecule has 4 unspecified atom stereocenters. The lowest BCUT2D eigenvalue weighted by atomic mass is 9.95. The van der Waals surface area contributed by atoms with Gasteiger partial charge >= 0.3 is 6.09 Å². The van der Waals surface area contributed by atoms with Crippen molar-refractivity contribution in [2.45, 2.75) is 77.1 Å². The van der Waals surface area contributed by atoms with Crippen molar-refractivity contribution < 1.29 is 13.7 Å². The summed E-state index contributed by atoms with van der Waals surface area (Å²) in [4.78, 5) is 16.1. The topological polar surface area (TPSA) is 91.8 Å². The number of guanidine groups is 1. The summed E-state index contributed by atoms with van der Waals surface area (Å²) < 4.78 is 17.1. The second-order valence-electron chi connectivity index (χ2n) is 7.44. The fourth-order valence-corrected chi connectivity index (χ4v) is 4.81. The summed E-state index contributed by atoms with van der Waals surface area (Å²) in [6, 6.07) is 0.251. The lowest BCUT2D eigenvalue weighted by Crippen LogP contribution is -2.51. The first kappa shape index (κ1) is 23.7. The molecule has 0 aromatic heterocycles. The van der Waals surface area contributed by atoms with Gasteiger partial charge in [0.2, 0.25) is 0 Å². The van der Waals surface area contributed by atoms with Crippen LogP contribution in [0.1, 0.15) is 59.8 Å². The van der Waals surface area contributed by atoms with Crippen LogP contribution in [0.25, 0.3) is 0 Å². The summed E-state index contributed by atoms with van der Waals surface area (Å²) in [5, 5.41) is 9.97. The number of ether oxygens (including phenoxy) is 1. The first-order valence-corrected chi connectivity index (χ1v) is 11.5. The van der Waals surface area contributed by atoms with Gasteiger partial charge in [0.05, 0.1) is 6.61 Å². The van der Waals surface area contributed by atoms with Gasteiger partial charge in [-0.3, -0.25) is 9.20 Å². The maximum absolute atomic E-state index is 12.1. The van der Waals surface area contributed by atoms with Crippen LogP contribution in [0.5, 0.6) is 0 Å². The summed E-state index contributed by atoms with van der Waals surface area (Å²) in [5.41, 5.74) is 0. The predicted octanol–water partition coefficient (Wildman–Crippen LogP) is 2.39. The summed E-state index contributed by atoms with van der Waals surface area (Å²) >= 11 is 0. The Kier molecular flexibility index (Phi) is 11.4. The molecule has 0 aliphatic heterocycles. The molecule has 1 aliphatic carbocycles. The Balaban J connectivity index is 2.54. The van der Waals surface area contributed by atoms with Crippen molar-refractivity contribution in [3.63, 3.8) is 0 Å². The van der Waals surface area contributed by atoms with Gasteiger partial charge in [0.25, 0.3) is 0 Å². The number of hydrogen-bond donors (Lipinski definition) is 3. The zero-order chi connectivity index (χ0) is 20.2. The van der Waals surface area contributed by atoms with E-state index in [4.69, 9.17) is 4.74 Å². The molecule has 1 rings (SSSR count). The molecule has 158 valence electrons. The molecule has 0 aromatic carbocycles. The van der Waals surface area contributed by atoms with Crippen molar-refractivity contribution in [3.05, 3.63) is 0 Å². The van der Waals surface area contributed by atoms with E-state index in [-0.39, 0.29) is 23.4 Å². The monoisotopic (exact) mass is 402 g/mol. The molecule has 3 N–H and O–H groups in total. The van der Waals surface area contributed by atoms with Crippen LogP contribution in [0.15, 0.2) is 4.99 Å². The molecule has 1 fully saturated rings. The van der Waals surface area contributed by atoms with Gasteiger partial charge < -0.3 is 20.7 Å². The Morgan fingerprint density at radius 2 is 2.04 bits per heavy atom. The van der Waals surface area contributed by atoms with Gasteiger partial charge in [-0.1, -0.05) is 27.2 Å². The third kappa shape index (κ3) is 9.44. The molecule has 0 bridgehead atoms. The number of amides is 1. The molecule has 0 heterocycles. The summed E-state index contributed by atoms with van der Waals surface area (Å²) in [7, 11) is 1.01. The Morgan fingerprint density at radius 3 is 2.63 bits per heavy atom. The maximum Gasteiger partial charge on any atom is 0.407 e. The minimum absolute atomic E-state index is 0.0331. The normalized spacial score (nSPS) is 22.8. The van der Waals surface area contributed by atoms with Gasteiger partial charge in [0, 0.05) is 47.5 Å². The van der Waals surface area contributed by atoms with E-state index in [0.29, 0.717) is 19.1 Å². The number of carbonyl (C=O) groups excluding carboxylic acids is 1. The van der Waals surface area contributed by atoms with Gasteiger partial charge in [-0.15, -0.1) is 0 Å². The van der Waals surface area contributed by atoms with E-state index >= 15 is 0 Å². The quantitative estimate of drug-likeness (QED) is 0.407. The molecule has 0 radical (unpaired) electrons. The zero-order valence-electron chi connectivity index (χ0n) is 17.5.